The standard InChI is InChI=1S/C24H23O3/c1-4-21-23(17-10-14-19(26-3)15-11-17)24-20(6-5-7-22(24)27-21)16-8-12-18(25-2)13-9-16/h5,7-15,21,23H,4H2,1-3H3. The maximum absolute atomic E-state index is 6.31. The van der Waals surface area contributed by atoms with Crippen molar-refractivity contribution in [2.75, 3.05) is 14.2 Å². The van der Waals surface area contributed by atoms with Gasteiger partial charge >= 0.3 is 0 Å². The summed E-state index contributed by atoms with van der Waals surface area (Å²) in [6.45, 7) is 2.17. The fourth-order valence-corrected chi connectivity index (χ4v) is 3.83. The molecule has 27 heavy (non-hydrogen) atoms. The van der Waals surface area contributed by atoms with Gasteiger partial charge in [0.05, 0.1) is 20.1 Å². The lowest BCUT2D eigenvalue weighted by Crippen LogP contribution is -2.18. The van der Waals surface area contributed by atoms with Crippen molar-refractivity contribution < 1.29 is 14.2 Å². The molecule has 3 nitrogen and oxygen atoms in total. The van der Waals surface area contributed by atoms with E-state index < -0.39 is 0 Å². The van der Waals surface area contributed by atoms with Crippen LogP contribution in [-0.2, 0) is 0 Å². The average Bonchev–Trinajstić information content (AvgIpc) is 3.12. The Morgan fingerprint density at radius 1 is 0.889 bits per heavy atom. The van der Waals surface area contributed by atoms with Crippen LogP contribution in [0.1, 0.15) is 30.4 Å². The zero-order chi connectivity index (χ0) is 18.8. The quantitative estimate of drug-likeness (QED) is 0.604. The summed E-state index contributed by atoms with van der Waals surface area (Å²) >= 11 is 0. The van der Waals surface area contributed by atoms with E-state index >= 15 is 0 Å². The third-order valence-corrected chi connectivity index (χ3v) is 5.21. The minimum atomic E-state index is 0.112. The highest BCUT2D eigenvalue weighted by Gasteiger charge is 2.36. The molecular formula is C24H23O3. The van der Waals surface area contributed by atoms with Crippen molar-refractivity contribution in [2.45, 2.75) is 25.4 Å². The maximum Gasteiger partial charge on any atom is 0.124 e. The summed E-state index contributed by atoms with van der Waals surface area (Å²) in [7, 11) is 3.37. The second-order valence-electron chi connectivity index (χ2n) is 6.67. The monoisotopic (exact) mass is 359 g/mol. The largest absolute Gasteiger partial charge is 0.497 e. The molecule has 0 N–H and O–H groups in total. The fourth-order valence-electron chi connectivity index (χ4n) is 3.83. The van der Waals surface area contributed by atoms with Gasteiger partial charge in [-0.1, -0.05) is 37.3 Å². The number of ether oxygens (including phenoxy) is 3. The Labute approximate surface area is 160 Å². The van der Waals surface area contributed by atoms with Crippen molar-refractivity contribution in [1.29, 1.82) is 0 Å². The minimum absolute atomic E-state index is 0.112. The molecule has 0 amide bonds. The molecule has 1 heterocycles. The molecule has 0 fully saturated rings. The van der Waals surface area contributed by atoms with Gasteiger partial charge in [-0.3, -0.25) is 0 Å². The summed E-state index contributed by atoms with van der Waals surface area (Å²) in [6.07, 6.45) is 1.05. The molecule has 0 spiro atoms. The third kappa shape index (κ3) is 3.14. The predicted molar refractivity (Wildman–Crippen MR) is 107 cm³/mol. The molecule has 2 atom stereocenters. The summed E-state index contributed by atoms with van der Waals surface area (Å²) in [4.78, 5) is 0. The molecule has 3 heteroatoms. The van der Waals surface area contributed by atoms with E-state index in [9.17, 15) is 0 Å². The predicted octanol–water partition coefficient (Wildman–Crippen LogP) is 5.47. The first kappa shape index (κ1) is 17.5. The van der Waals surface area contributed by atoms with Gasteiger partial charge in [0.2, 0.25) is 0 Å². The SMILES string of the molecule is CCC1Oc2cc[c]c(-c3ccc(OC)cc3)c2C1c1ccc(OC)cc1. The third-order valence-electron chi connectivity index (χ3n) is 5.21. The molecule has 4 rings (SSSR count). The molecule has 2 unspecified atom stereocenters. The van der Waals surface area contributed by atoms with Crippen LogP contribution < -0.4 is 14.2 Å². The van der Waals surface area contributed by atoms with Crippen molar-refractivity contribution in [3.63, 3.8) is 0 Å². The van der Waals surface area contributed by atoms with E-state index in [0.29, 0.717) is 0 Å². The molecule has 0 saturated heterocycles. The van der Waals surface area contributed by atoms with Crippen LogP contribution in [0.4, 0.5) is 0 Å². The van der Waals surface area contributed by atoms with E-state index in [-0.39, 0.29) is 12.0 Å². The van der Waals surface area contributed by atoms with Crippen LogP contribution in [0, 0.1) is 6.07 Å². The second kappa shape index (κ2) is 7.36. The number of rotatable bonds is 5. The lowest BCUT2D eigenvalue weighted by Gasteiger charge is -2.20. The normalized spacial score (nSPS) is 17.9. The minimum Gasteiger partial charge on any atom is -0.497 e. The number of benzene rings is 3. The van der Waals surface area contributed by atoms with Crippen LogP contribution in [0.3, 0.4) is 0 Å². The highest BCUT2D eigenvalue weighted by molar-refractivity contribution is 5.73. The van der Waals surface area contributed by atoms with Crippen molar-refractivity contribution in [2.24, 2.45) is 0 Å². The Morgan fingerprint density at radius 3 is 2.11 bits per heavy atom. The van der Waals surface area contributed by atoms with E-state index in [1.165, 1.54) is 11.1 Å². The highest BCUT2D eigenvalue weighted by atomic mass is 16.5. The fraction of sp³-hybridized carbons (Fsp3) is 0.250. The first-order chi connectivity index (χ1) is 13.2. The highest BCUT2D eigenvalue weighted by Crippen LogP contribution is 2.48. The number of methoxy groups -OCH3 is 2. The summed E-state index contributed by atoms with van der Waals surface area (Å²) in [5, 5.41) is 0. The van der Waals surface area contributed by atoms with Crippen LogP contribution in [0.15, 0.2) is 60.7 Å². The van der Waals surface area contributed by atoms with Crippen LogP contribution in [0.25, 0.3) is 11.1 Å². The van der Waals surface area contributed by atoms with Gasteiger partial charge < -0.3 is 14.2 Å². The summed E-state index contributed by atoms with van der Waals surface area (Å²) in [5.41, 5.74) is 4.65. The Kier molecular flexibility index (Phi) is 4.76. The first-order valence-corrected chi connectivity index (χ1v) is 9.24. The Balaban J connectivity index is 1.82. The lowest BCUT2D eigenvalue weighted by atomic mass is 9.83. The number of fused-ring (bicyclic) bond motifs is 1. The molecule has 0 aliphatic carbocycles. The average molecular weight is 359 g/mol. The van der Waals surface area contributed by atoms with Gasteiger partial charge in [0, 0.05) is 5.56 Å². The molecule has 1 aliphatic heterocycles. The van der Waals surface area contributed by atoms with Gasteiger partial charge in [0.1, 0.15) is 23.4 Å². The van der Waals surface area contributed by atoms with E-state index in [2.05, 4.69) is 37.3 Å². The topological polar surface area (TPSA) is 27.7 Å². The number of hydrogen-bond acceptors (Lipinski definition) is 3. The van der Waals surface area contributed by atoms with E-state index in [1.807, 2.05) is 36.4 Å². The maximum atomic E-state index is 6.31. The van der Waals surface area contributed by atoms with Gasteiger partial charge in [-0.15, -0.1) is 0 Å². The van der Waals surface area contributed by atoms with E-state index in [0.717, 1.165) is 34.8 Å². The van der Waals surface area contributed by atoms with Gasteiger partial charge in [-0.25, -0.2) is 0 Å². The molecule has 1 radical (unpaired) electrons. The van der Waals surface area contributed by atoms with Gasteiger partial charge in [-0.2, -0.15) is 0 Å². The van der Waals surface area contributed by atoms with Gasteiger partial charge in [-0.05, 0) is 59.5 Å². The van der Waals surface area contributed by atoms with Crippen molar-refractivity contribution in [3.8, 4) is 28.4 Å². The summed E-state index contributed by atoms with van der Waals surface area (Å²) in [5.74, 6) is 2.83. The number of hydrogen-bond donors (Lipinski definition) is 0. The Morgan fingerprint density at radius 2 is 1.52 bits per heavy atom. The molecule has 3 aromatic rings. The molecule has 0 bridgehead atoms. The Bertz CT molecular complexity index is 913. The van der Waals surface area contributed by atoms with Crippen molar-refractivity contribution >= 4 is 0 Å². The van der Waals surface area contributed by atoms with Crippen LogP contribution in [0.2, 0.25) is 0 Å². The molecule has 137 valence electrons. The molecule has 0 aromatic heterocycles. The summed E-state index contributed by atoms with van der Waals surface area (Å²) < 4.78 is 16.9. The second-order valence-corrected chi connectivity index (χ2v) is 6.67. The van der Waals surface area contributed by atoms with Crippen molar-refractivity contribution in [1.82, 2.24) is 0 Å². The van der Waals surface area contributed by atoms with Gasteiger partial charge in [0.25, 0.3) is 0 Å². The zero-order valence-electron chi connectivity index (χ0n) is 15.9. The summed E-state index contributed by atoms with van der Waals surface area (Å²) in [6, 6.07) is 23.8. The van der Waals surface area contributed by atoms with Crippen LogP contribution in [-0.4, -0.2) is 20.3 Å². The van der Waals surface area contributed by atoms with Crippen LogP contribution >= 0.6 is 0 Å². The van der Waals surface area contributed by atoms with Gasteiger partial charge in [0.15, 0.2) is 0 Å². The Hall–Kier alpha value is -2.94. The lowest BCUT2D eigenvalue weighted by molar-refractivity contribution is 0.212. The molecule has 1 aliphatic rings. The first-order valence-electron chi connectivity index (χ1n) is 9.24. The van der Waals surface area contributed by atoms with E-state index in [1.54, 1.807) is 14.2 Å². The van der Waals surface area contributed by atoms with Crippen molar-refractivity contribution in [3.05, 3.63) is 77.9 Å². The molecule has 0 saturated carbocycles. The van der Waals surface area contributed by atoms with Crippen LogP contribution in [0.5, 0.6) is 17.2 Å². The molecule has 3 aromatic carbocycles. The van der Waals surface area contributed by atoms with E-state index in [4.69, 9.17) is 14.2 Å². The smallest absolute Gasteiger partial charge is 0.124 e. The molecular weight excluding hydrogens is 336 g/mol. The zero-order valence-corrected chi connectivity index (χ0v) is 15.9.